The normalized spacial score (nSPS) is 10.7. The molecule has 0 saturated carbocycles. The molecule has 6 nitrogen and oxygen atoms in total. The van der Waals surface area contributed by atoms with E-state index in [0.29, 0.717) is 0 Å². The first-order valence-electron chi connectivity index (χ1n) is 6.33. The molecule has 3 rings (SSSR count). The van der Waals surface area contributed by atoms with E-state index in [1.807, 2.05) is 18.3 Å². The summed E-state index contributed by atoms with van der Waals surface area (Å²) in [6.45, 7) is 2.88. The zero-order chi connectivity index (χ0) is 13.8. The van der Waals surface area contributed by atoms with Crippen LogP contribution in [0.1, 0.15) is 16.8 Å². The summed E-state index contributed by atoms with van der Waals surface area (Å²) in [5.74, 6) is 0.749. The molecule has 3 heterocycles. The van der Waals surface area contributed by atoms with Crippen molar-refractivity contribution in [2.75, 3.05) is 5.32 Å². The second-order valence-electron chi connectivity index (χ2n) is 4.17. The highest BCUT2D eigenvalue weighted by atomic mass is 32.1. The van der Waals surface area contributed by atoms with Gasteiger partial charge >= 0.3 is 0 Å². The van der Waals surface area contributed by atoms with E-state index in [9.17, 15) is 0 Å². The van der Waals surface area contributed by atoms with Gasteiger partial charge < -0.3 is 5.32 Å². The molecule has 3 aromatic rings. The van der Waals surface area contributed by atoms with Gasteiger partial charge in [0.2, 0.25) is 0 Å². The number of nitrogens with zero attached hydrogens (tertiary/aromatic N) is 5. The Balaban J connectivity index is 1.63. The highest BCUT2D eigenvalue weighted by Crippen LogP contribution is 2.16. The maximum atomic E-state index is 4.34. The van der Waals surface area contributed by atoms with Gasteiger partial charge in [-0.15, -0.1) is 11.3 Å². The lowest BCUT2D eigenvalue weighted by atomic mass is 10.4. The van der Waals surface area contributed by atoms with Crippen LogP contribution >= 0.6 is 11.3 Å². The van der Waals surface area contributed by atoms with E-state index in [0.717, 1.165) is 24.5 Å². The molecule has 3 aromatic heterocycles. The summed E-state index contributed by atoms with van der Waals surface area (Å²) >= 11 is 1.74. The molecule has 1 N–H and O–H groups in total. The third kappa shape index (κ3) is 2.83. The minimum absolute atomic E-state index is 0.749. The Labute approximate surface area is 120 Å². The Morgan fingerprint density at radius 1 is 1.25 bits per heavy atom. The van der Waals surface area contributed by atoms with Crippen LogP contribution < -0.4 is 5.32 Å². The number of aromatic nitrogens is 5. The van der Waals surface area contributed by atoms with Gasteiger partial charge in [0.1, 0.15) is 12.7 Å². The summed E-state index contributed by atoms with van der Waals surface area (Å²) in [5.41, 5.74) is 0.973. The molecule has 0 saturated heterocycles. The number of hydrogen-bond donors (Lipinski definition) is 1. The molecule has 0 bridgehead atoms. The van der Waals surface area contributed by atoms with E-state index in [-0.39, 0.29) is 0 Å². The number of rotatable bonds is 5. The molecule has 102 valence electrons. The molecule has 0 aliphatic heterocycles. The van der Waals surface area contributed by atoms with Gasteiger partial charge in [0, 0.05) is 11.1 Å². The molecule has 0 unspecified atom stereocenters. The maximum absolute atomic E-state index is 4.34. The number of nitrogens with one attached hydrogen (secondary N) is 1. The first-order valence-corrected chi connectivity index (χ1v) is 7.15. The second-order valence-corrected chi connectivity index (χ2v) is 5.37. The fourth-order valence-corrected chi connectivity index (χ4v) is 2.54. The third-order valence-electron chi connectivity index (χ3n) is 2.77. The van der Waals surface area contributed by atoms with Crippen LogP contribution in [0, 0.1) is 0 Å². The van der Waals surface area contributed by atoms with Gasteiger partial charge in [0.15, 0.2) is 5.82 Å². The van der Waals surface area contributed by atoms with Gasteiger partial charge in [0.05, 0.1) is 23.4 Å². The molecule has 0 aromatic carbocycles. The van der Waals surface area contributed by atoms with Gasteiger partial charge in [-0.25, -0.2) is 19.6 Å². The monoisotopic (exact) mass is 286 g/mol. The number of anilines is 1. The molecule has 7 heteroatoms. The highest BCUT2D eigenvalue weighted by Gasteiger charge is 2.02. The largest absolute Gasteiger partial charge is 0.379 e. The maximum Gasteiger partial charge on any atom is 0.155 e. The average Bonchev–Trinajstić information content (AvgIpc) is 3.17. The van der Waals surface area contributed by atoms with Crippen molar-refractivity contribution < 1.29 is 0 Å². The predicted octanol–water partition coefficient (Wildman–Crippen LogP) is 2.29. The van der Waals surface area contributed by atoms with Crippen molar-refractivity contribution in [3.63, 3.8) is 0 Å². The number of pyridine rings is 1. The third-order valence-corrected chi connectivity index (χ3v) is 3.91. The molecule has 0 radical (unpaired) electrons. The van der Waals surface area contributed by atoms with Gasteiger partial charge in [-0.2, -0.15) is 5.10 Å². The molecule has 0 aliphatic carbocycles. The van der Waals surface area contributed by atoms with Crippen LogP contribution in [0.2, 0.25) is 0 Å². The van der Waals surface area contributed by atoms with Crippen molar-refractivity contribution in [2.45, 2.75) is 19.9 Å². The molecule has 0 amide bonds. The van der Waals surface area contributed by atoms with Crippen LogP contribution in [0.3, 0.4) is 0 Å². The van der Waals surface area contributed by atoms with Crippen LogP contribution in [-0.4, -0.2) is 24.7 Å². The summed E-state index contributed by atoms with van der Waals surface area (Å²) < 4.78 is 1.63. The van der Waals surface area contributed by atoms with Crippen LogP contribution in [0.25, 0.3) is 5.82 Å². The fourth-order valence-electron chi connectivity index (χ4n) is 1.74. The molecule has 0 spiro atoms. The highest BCUT2D eigenvalue weighted by molar-refractivity contribution is 7.11. The minimum atomic E-state index is 0.749. The summed E-state index contributed by atoms with van der Waals surface area (Å²) in [4.78, 5) is 13.8. The van der Waals surface area contributed by atoms with E-state index in [4.69, 9.17) is 0 Å². The Hall–Kier alpha value is -2.28. The molecule has 20 heavy (non-hydrogen) atoms. The summed E-state index contributed by atoms with van der Waals surface area (Å²) in [6, 6.07) is 3.88. The minimum Gasteiger partial charge on any atom is -0.379 e. The SMILES string of the molecule is CCc1ncc(CNc2ccc(-n3cncn3)nc2)s1. The first-order chi connectivity index (χ1) is 9.85. The standard InChI is InChI=1S/C13H14N6S/c1-2-13-17-7-11(20-13)6-15-10-3-4-12(16-5-10)19-9-14-8-18-19/h3-5,7-9,15H,2,6H2,1H3. The van der Waals surface area contributed by atoms with Gasteiger partial charge in [-0.05, 0) is 18.6 Å². The fraction of sp³-hybridized carbons (Fsp3) is 0.231. The molecule has 0 aliphatic rings. The Bertz CT molecular complexity index is 658. The zero-order valence-electron chi connectivity index (χ0n) is 11.0. The molecular weight excluding hydrogens is 272 g/mol. The van der Waals surface area contributed by atoms with E-state index < -0.39 is 0 Å². The van der Waals surface area contributed by atoms with Crippen LogP contribution in [0.5, 0.6) is 0 Å². The molecule has 0 fully saturated rings. The van der Waals surface area contributed by atoms with Crippen molar-refractivity contribution in [1.82, 2.24) is 24.7 Å². The molecular formula is C13H14N6S. The van der Waals surface area contributed by atoms with Crippen molar-refractivity contribution >= 4 is 17.0 Å². The van der Waals surface area contributed by atoms with Crippen LogP contribution in [0.4, 0.5) is 5.69 Å². The number of hydrogen-bond acceptors (Lipinski definition) is 6. The first kappa shape index (κ1) is 12.7. The lowest BCUT2D eigenvalue weighted by Crippen LogP contribution is -2.01. The summed E-state index contributed by atoms with van der Waals surface area (Å²) in [5, 5.41) is 8.54. The lowest BCUT2D eigenvalue weighted by molar-refractivity contribution is 0.845. The van der Waals surface area contributed by atoms with Gasteiger partial charge in [0.25, 0.3) is 0 Å². The van der Waals surface area contributed by atoms with E-state index in [2.05, 4.69) is 32.3 Å². The van der Waals surface area contributed by atoms with E-state index in [1.54, 1.807) is 28.5 Å². The number of thiazole rings is 1. The summed E-state index contributed by atoms with van der Waals surface area (Å²) in [6.07, 6.45) is 7.81. The molecule has 0 atom stereocenters. The van der Waals surface area contributed by atoms with E-state index >= 15 is 0 Å². The van der Waals surface area contributed by atoms with Crippen molar-refractivity contribution in [3.8, 4) is 5.82 Å². The smallest absolute Gasteiger partial charge is 0.155 e. The van der Waals surface area contributed by atoms with Crippen LogP contribution in [-0.2, 0) is 13.0 Å². The zero-order valence-corrected chi connectivity index (χ0v) is 11.8. The van der Waals surface area contributed by atoms with Gasteiger partial charge in [-0.1, -0.05) is 6.92 Å². The Kier molecular flexibility index (Phi) is 3.69. The van der Waals surface area contributed by atoms with Crippen LogP contribution in [0.15, 0.2) is 37.2 Å². The topological polar surface area (TPSA) is 68.5 Å². The quantitative estimate of drug-likeness (QED) is 0.779. The Morgan fingerprint density at radius 3 is 2.85 bits per heavy atom. The lowest BCUT2D eigenvalue weighted by Gasteiger charge is -2.05. The van der Waals surface area contributed by atoms with Crippen molar-refractivity contribution in [2.24, 2.45) is 0 Å². The summed E-state index contributed by atoms with van der Waals surface area (Å²) in [7, 11) is 0. The van der Waals surface area contributed by atoms with Crippen molar-refractivity contribution in [3.05, 3.63) is 47.1 Å². The Morgan fingerprint density at radius 2 is 2.20 bits per heavy atom. The second kappa shape index (κ2) is 5.79. The predicted molar refractivity (Wildman–Crippen MR) is 78.0 cm³/mol. The van der Waals surface area contributed by atoms with Gasteiger partial charge in [-0.3, -0.25) is 0 Å². The number of aryl methyl sites for hydroxylation is 1. The average molecular weight is 286 g/mol. The van der Waals surface area contributed by atoms with E-state index in [1.165, 1.54) is 16.2 Å². The van der Waals surface area contributed by atoms with Crippen molar-refractivity contribution in [1.29, 1.82) is 0 Å².